The summed E-state index contributed by atoms with van der Waals surface area (Å²) in [6.07, 6.45) is 1.55. The molecule has 3 N–H and O–H groups in total. The number of rotatable bonds is 6. The van der Waals surface area contributed by atoms with Crippen LogP contribution in [0.2, 0.25) is 5.02 Å². The van der Waals surface area contributed by atoms with Crippen LogP contribution in [-0.4, -0.2) is 33.5 Å². The van der Waals surface area contributed by atoms with Gasteiger partial charge in [-0.2, -0.15) is 0 Å². The molecule has 9 heteroatoms. The van der Waals surface area contributed by atoms with E-state index in [-0.39, 0.29) is 22.8 Å². The molecular formula is C17H14ClN5O3. The van der Waals surface area contributed by atoms with Gasteiger partial charge >= 0.3 is 0 Å². The van der Waals surface area contributed by atoms with Gasteiger partial charge in [0.25, 0.3) is 5.91 Å². The van der Waals surface area contributed by atoms with Crippen molar-refractivity contribution in [1.29, 1.82) is 0 Å². The molecule has 0 atom stereocenters. The van der Waals surface area contributed by atoms with E-state index in [9.17, 15) is 9.59 Å². The molecule has 0 spiro atoms. The van der Waals surface area contributed by atoms with E-state index < -0.39 is 11.8 Å². The lowest BCUT2D eigenvalue weighted by molar-refractivity contribution is 0.0945. The number of hydrogen-bond acceptors (Lipinski definition) is 6. The van der Waals surface area contributed by atoms with Gasteiger partial charge in [-0.3, -0.25) is 9.59 Å². The lowest BCUT2D eigenvalue weighted by Gasteiger charge is -2.05. The predicted octanol–water partition coefficient (Wildman–Crippen LogP) is 1.86. The molecular weight excluding hydrogens is 358 g/mol. The van der Waals surface area contributed by atoms with Crippen LogP contribution < -0.4 is 11.1 Å². The summed E-state index contributed by atoms with van der Waals surface area (Å²) in [6, 6.07) is 10.7. The molecule has 0 saturated carbocycles. The molecule has 3 aromatic rings. The maximum Gasteiger partial charge on any atom is 0.271 e. The third-order valence-electron chi connectivity index (χ3n) is 3.45. The Labute approximate surface area is 153 Å². The van der Waals surface area contributed by atoms with E-state index in [2.05, 4.69) is 20.5 Å². The molecule has 26 heavy (non-hydrogen) atoms. The lowest BCUT2D eigenvalue weighted by atomic mass is 10.2. The van der Waals surface area contributed by atoms with Crippen LogP contribution in [0, 0.1) is 0 Å². The van der Waals surface area contributed by atoms with Gasteiger partial charge in [0.2, 0.25) is 17.7 Å². The van der Waals surface area contributed by atoms with Crippen LogP contribution in [0.5, 0.6) is 0 Å². The number of benzene rings is 1. The fraction of sp³-hybridized carbons (Fsp3) is 0.118. The van der Waals surface area contributed by atoms with Crippen LogP contribution in [0.3, 0.4) is 0 Å². The first-order valence-corrected chi connectivity index (χ1v) is 8.03. The number of hydrogen-bond donors (Lipinski definition) is 2. The summed E-state index contributed by atoms with van der Waals surface area (Å²) >= 11 is 5.96. The summed E-state index contributed by atoms with van der Waals surface area (Å²) < 4.78 is 5.56. The van der Waals surface area contributed by atoms with E-state index in [1.54, 1.807) is 0 Å². The Morgan fingerprint density at radius 1 is 1.19 bits per heavy atom. The van der Waals surface area contributed by atoms with Gasteiger partial charge in [0.15, 0.2) is 0 Å². The molecule has 0 aliphatic rings. The fourth-order valence-electron chi connectivity index (χ4n) is 2.16. The molecule has 0 aliphatic carbocycles. The predicted molar refractivity (Wildman–Crippen MR) is 93.5 cm³/mol. The van der Waals surface area contributed by atoms with E-state index in [4.69, 9.17) is 21.8 Å². The minimum absolute atomic E-state index is 0.00664. The third kappa shape index (κ3) is 4.04. The van der Waals surface area contributed by atoms with Gasteiger partial charge in [-0.05, 0) is 18.2 Å². The third-order valence-corrected chi connectivity index (χ3v) is 3.74. The van der Waals surface area contributed by atoms with Crippen LogP contribution in [0.15, 0.2) is 47.0 Å². The van der Waals surface area contributed by atoms with Crippen molar-refractivity contribution in [1.82, 2.24) is 20.5 Å². The Morgan fingerprint density at radius 2 is 1.96 bits per heavy atom. The molecule has 1 aromatic carbocycles. The van der Waals surface area contributed by atoms with Crippen molar-refractivity contribution in [3.05, 3.63) is 64.8 Å². The highest BCUT2D eigenvalue weighted by Crippen LogP contribution is 2.17. The first-order chi connectivity index (χ1) is 12.5. The lowest BCUT2D eigenvalue weighted by Crippen LogP contribution is -2.27. The molecule has 0 aliphatic heterocycles. The number of amides is 2. The van der Waals surface area contributed by atoms with Crippen LogP contribution >= 0.6 is 11.6 Å². The highest BCUT2D eigenvalue weighted by atomic mass is 35.5. The van der Waals surface area contributed by atoms with E-state index in [0.717, 1.165) is 5.56 Å². The van der Waals surface area contributed by atoms with Crippen LogP contribution in [-0.2, 0) is 6.42 Å². The summed E-state index contributed by atoms with van der Waals surface area (Å²) in [6.45, 7) is 0.255. The Hall–Kier alpha value is -3.26. The number of nitrogens with zero attached hydrogens (tertiary/aromatic N) is 3. The number of halogens is 1. The Kier molecular flexibility index (Phi) is 5.23. The molecule has 2 aromatic heterocycles. The van der Waals surface area contributed by atoms with Crippen LogP contribution in [0.1, 0.15) is 26.7 Å². The number of pyridine rings is 1. The summed E-state index contributed by atoms with van der Waals surface area (Å²) in [7, 11) is 0. The largest absolute Gasteiger partial charge is 0.421 e. The number of primary amides is 1. The zero-order valence-electron chi connectivity index (χ0n) is 13.5. The molecule has 3 rings (SSSR count). The SMILES string of the molecule is NC(=O)c1cnc(C(=O)NCCc2nnc(-c3ccccc3)o2)c(Cl)c1. The van der Waals surface area contributed by atoms with E-state index >= 15 is 0 Å². The van der Waals surface area contributed by atoms with Crippen molar-refractivity contribution in [2.24, 2.45) is 5.73 Å². The second kappa shape index (κ2) is 7.75. The molecule has 2 heterocycles. The van der Waals surface area contributed by atoms with Crippen molar-refractivity contribution in [3.8, 4) is 11.5 Å². The molecule has 132 valence electrons. The zero-order valence-corrected chi connectivity index (χ0v) is 14.2. The van der Waals surface area contributed by atoms with Crippen molar-refractivity contribution in [2.75, 3.05) is 6.54 Å². The van der Waals surface area contributed by atoms with Crippen molar-refractivity contribution < 1.29 is 14.0 Å². The van der Waals surface area contributed by atoms with Crippen molar-refractivity contribution in [3.63, 3.8) is 0 Å². The molecule has 0 bridgehead atoms. The molecule has 0 saturated heterocycles. The first-order valence-electron chi connectivity index (χ1n) is 7.66. The van der Waals surface area contributed by atoms with Gasteiger partial charge in [0.1, 0.15) is 5.69 Å². The summed E-state index contributed by atoms with van der Waals surface area (Å²) in [4.78, 5) is 27.1. The van der Waals surface area contributed by atoms with E-state index in [1.165, 1.54) is 12.3 Å². The maximum absolute atomic E-state index is 12.1. The number of nitrogens with one attached hydrogen (secondary N) is 1. The second-order valence-electron chi connectivity index (χ2n) is 5.29. The first kappa shape index (κ1) is 17.6. The minimum Gasteiger partial charge on any atom is -0.421 e. The van der Waals surface area contributed by atoms with Crippen LogP contribution in [0.4, 0.5) is 0 Å². The van der Waals surface area contributed by atoms with Crippen molar-refractivity contribution >= 4 is 23.4 Å². The van der Waals surface area contributed by atoms with E-state index in [0.29, 0.717) is 18.2 Å². The molecule has 0 radical (unpaired) electrons. The van der Waals surface area contributed by atoms with Gasteiger partial charge in [-0.1, -0.05) is 29.8 Å². The Morgan fingerprint density at radius 3 is 2.65 bits per heavy atom. The molecule has 2 amide bonds. The highest BCUT2D eigenvalue weighted by molar-refractivity contribution is 6.33. The quantitative estimate of drug-likeness (QED) is 0.681. The Balaban J connectivity index is 1.58. The van der Waals surface area contributed by atoms with Gasteiger partial charge < -0.3 is 15.5 Å². The average molecular weight is 372 g/mol. The van der Waals surface area contributed by atoms with Crippen LogP contribution in [0.25, 0.3) is 11.5 Å². The topological polar surface area (TPSA) is 124 Å². The Bertz CT molecular complexity index is 943. The van der Waals surface area contributed by atoms with Gasteiger partial charge in [0.05, 0.1) is 10.6 Å². The summed E-state index contributed by atoms with van der Waals surface area (Å²) in [5, 5.41) is 10.6. The summed E-state index contributed by atoms with van der Waals surface area (Å²) in [5.74, 6) is -0.336. The average Bonchev–Trinajstić information content (AvgIpc) is 3.11. The number of nitrogens with two attached hydrogens (primary N) is 1. The van der Waals surface area contributed by atoms with Crippen molar-refractivity contribution in [2.45, 2.75) is 6.42 Å². The fourth-order valence-corrected chi connectivity index (χ4v) is 2.41. The smallest absolute Gasteiger partial charge is 0.271 e. The number of aromatic nitrogens is 3. The second-order valence-corrected chi connectivity index (χ2v) is 5.70. The molecule has 8 nitrogen and oxygen atoms in total. The zero-order chi connectivity index (χ0) is 18.5. The van der Waals surface area contributed by atoms with Gasteiger partial charge in [0, 0.05) is 24.7 Å². The molecule has 0 fully saturated rings. The van der Waals surface area contributed by atoms with E-state index in [1.807, 2.05) is 30.3 Å². The minimum atomic E-state index is -0.669. The summed E-state index contributed by atoms with van der Waals surface area (Å²) in [5.41, 5.74) is 6.09. The van der Waals surface area contributed by atoms with Gasteiger partial charge in [-0.25, -0.2) is 4.98 Å². The standard InChI is InChI=1S/C17H14ClN5O3/c18-12-8-11(15(19)24)9-21-14(12)16(25)20-7-6-13-22-23-17(26-13)10-4-2-1-3-5-10/h1-5,8-9H,6-7H2,(H2,19,24)(H,20,25). The maximum atomic E-state index is 12.1. The van der Waals surface area contributed by atoms with Gasteiger partial charge in [-0.15, -0.1) is 10.2 Å². The monoisotopic (exact) mass is 371 g/mol. The normalized spacial score (nSPS) is 10.5. The highest BCUT2D eigenvalue weighted by Gasteiger charge is 2.15. The number of carbonyl (C=O) groups is 2. The molecule has 0 unspecified atom stereocenters. The number of carbonyl (C=O) groups excluding carboxylic acids is 2.